The molecule has 1 N–H and O–H groups in total. The molecule has 0 radical (unpaired) electrons. The van der Waals surface area contributed by atoms with Crippen LogP contribution in [0.25, 0.3) is 0 Å². The Kier molecular flexibility index (Phi) is 4.11. The first-order valence-electron chi connectivity index (χ1n) is 6.82. The molecule has 1 aliphatic rings. The summed E-state index contributed by atoms with van der Waals surface area (Å²) in [5.41, 5.74) is 1.79. The van der Waals surface area contributed by atoms with Crippen LogP contribution in [0.15, 0.2) is 4.52 Å². The monoisotopic (exact) mass is 280 g/mol. The molecule has 6 heteroatoms. The van der Waals surface area contributed by atoms with E-state index in [2.05, 4.69) is 5.16 Å². The molecule has 0 saturated carbocycles. The Bertz CT molecular complexity index is 504. The molecule has 0 spiro atoms. The Labute approximate surface area is 117 Å². The topological polar surface area (TPSA) is 83.6 Å². The molecule has 1 aliphatic heterocycles. The van der Waals surface area contributed by atoms with Crippen molar-refractivity contribution in [3.63, 3.8) is 0 Å². The molecule has 110 valence electrons. The molecule has 2 heterocycles. The van der Waals surface area contributed by atoms with E-state index in [4.69, 9.17) is 9.63 Å². The maximum absolute atomic E-state index is 12.2. The van der Waals surface area contributed by atoms with Crippen LogP contribution in [0.4, 0.5) is 0 Å². The van der Waals surface area contributed by atoms with E-state index in [0.717, 1.165) is 17.0 Å². The standard InChI is InChI=1S/C14H20N2O4/c1-8-6-16(7-12(8)14(18)19)13(17)5-4-11-9(2)15-20-10(11)3/h8,12H,4-7H2,1-3H3,(H,18,19)/t8-,12-/m1/s1. The lowest BCUT2D eigenvalue weighted by Gasteiger charge is -2.15. The van der Waals surface area contributed by atoms with Gasteiger partial charge in [0.1, 0.15) is 5.76 Å². The first kappa shape index (κ1) is 14.6. The lowest BCUT2D eigenvalue weighted by Crippen LogP contribution is -2.30. The van der Waals surface area contributed by atoms with E-state index in [-0.39, 0.29) is 11.8 Å². The van der Waals surface area contributed by atoms with Crippen LogP contribution in [0.1, 0.15) is 30.4 Å². The van der Waals surface area contributed by atoms with Gasteiger partial charge in [0.2, 0.25) is 5.91 Å². The lowest BCUT2D eigenvalue weighted by atomic mass is 9.99. The van der Waals surface area contributed by atoms with Gasteiger partial charge in [0.05, 0.1) is 11.6 Å². The summed E-state index contributed by atoms with van der Waals surface area (Å²) in [6.07, 6.45) is 0.949. The van der Waals surface area contributed by atoms with Crippen LogP contribution in [0.3, 0.4) is 0 Å². The molecule has 6 nitrogen and oxygen atoms in total. The van der Waals surface area contributed by atoms with Gasteiger partial charge in [-0.15, -0.1) is 0 Å². The Morgan fingerprint density at radius 2 is 2.10 bits per heavy atom. The van der Waals surface area contributed by atoms with Crippen molar-refractivity contribution in [2.75, 3.05) is 13.1 Å². The average molecular weight is 280 g/mol. The second kappa shape index (κ2) is 5.64. The van der Waals surface area contributed by atoms with Crippen LogP contribution >= 0.6 is 0 Å². The Morgan fingerprint density at radius 3 is 2.60 bits per heavy atom. The highest BCUT2D eigenvalue weighted by Crippen LogP contribution is 2.24. The molecule has 2 rings (SSSR count). The SMILES string of the molecule is Cc1noc(C)c1CCC(=O)N1C[C@@H](C)[C@H](C(=O)O)C1. The van der Waals surface area contributed by atoms with Gasteiger partial charge in [-0.2, -0.15) is 0 Å². The molecule has 1 aromatic rings. The third-order valence-corrected chi connectivity index (χ3v) is 4.05. The number of likely N-dealkylation sites (tertiary alicyclic amines) is 1. The maximum atomic E-state index is 12.2. The molecule has 0 aliphatic carbocycles. The number of aliphatic carboxylic acids is 1. The first-order valence-corrected chi connectivity index (χ1v) is 6.82. The van der Waals surface area contributed by atoms with Gasteiger partial charge in [-0.05, 0) is 26.2 Å². The van der Waals surface area contributed by atoms with Crippen molar-refractivity contribution in [1.82, 2.24) is 10.1 Å². The molecule has 0 bridgehead atoms. The highest BCUT2D eigenvalue weighted by atomic mass is 16.5. The normalized spacial score (nSPS) is 22.2. The molecule has 1 fully saturated rings. The number of amides is 1. The number of carbonyl (C=O) groups is 2. The Morgan fingerprint density at radius 1 is 1.40 bits per heavy atom. The number of nitrogens with zero attached hydrogens (tertiary/aromatic N) is 2. The van der Waals surface area contributed by atoms with Crippen LogP contribution in [0, 0.1) is 25.7 Å². The summed E-state index contributed by atoms with van der Waals surface area (Å²) in [5.74, 6) is -0.513. The molecular formula is C14H20N2O4. The minimum atomic E-state index is -0.821. The quantitative estimate of drug-likeness (QED) is 0.901. The van der Waals surface area contributed by atoms with Gasteiger partial charge in [-0.3, -0.25) is 9.59 Å². The van der Waals surface area contributed by atoms with Gasteiger partial charge < -0.3 is 14.5 Å². The summed E-state index contributed by atoms with van der Waals surface area (Å²) in [5, 5.41) is 12.9. The third-order valence-electron chi connectivity index (χ3n) is 4.05. The van der Waals surface area contributed by atoms with Crippen LogP contribution in [0.5, 0.6) is 0 Å². The van der Waals surface area contributed by atoms with Crippen LogP contribution in [0.2, 0.25) is 0 Å². The lowest BCUT2D eigenvalue weighted by molar-refractivity contribution is -0.142. The number of aromatic nitrogens is 1. The predicted octanol–water partition coefficient (Wildman–Crippen LogP) is 1.40. The maximum Gasteiger partial charge on any atom is 0.308 e. The molecule has 1 aromatic heterocycles. The second-order valence-corrected chi connectivity index (χ2v) is 5.52. The van der Waals surface area contributed by atoms with Crippen molar-refractivity contribution in [2.24, 2.45) is 11.8 Å². The zero-order chi connectivity index (χ0) is 14.9. The van der Waals surface area contributed by atoms with Gasteiger partial charge in [-0.1, -0.05) is 12.1 Å². The minimum Gasteiger partial charge on any atom is -0.481 e. The summed E-state index contributed by atoms with van der Waals surface area (Å²) in [7, 11) is 0. The largest absolute Gasteiger partial charge is 0.481 e. The van der Waals surface area contributed by atoms with Gasteiger partial charge in [0, 0.05) is 25.1 Å². The Balaban J connectivity index is 1.92. The fourth-order valence-corrected chi connectivity index (χ4v) is 2.74. The Hall–Kier alpha value is -1.85. The molecule has 2 atom stereocenters. The van der Waals surface area contributed by atoms with E-state index in [1.54, 1.807) is 4.90 Å². The minimum absolute atomic E-state index is 0.000556. The number of carboxylic acid groups (broad SMARTS) is 1. The van der Waals surface area contributed by atoms with E-state index in [1.807, 2.05) is 20.8 Å². The third kappa shape index (κ3) is 2.84. The van der Waals surface area contributed by atoms with Crippen molar-refractivity contribution in [1.29, 1.82) is 0 Å². The predicted molar refractivity (Wildman–Crippen MR) is 71.2 cm³/mol. The van der Waals surface area contributed by atoms with E-state index in [0.29, 0.717) is 25.9 Å². The number of hydrogen-bond acceptors (Lipinski definition) is 4. The fourth-order valence-electron chi connectivity index (χ4n) is 2.74. The van der Waals surface area contributed by atoms with E-state index in [9.17, 15) is 9.59 Å². The zero-order valence-electron chi connectivity index (χ0n) is 12.0. The number of hydrogen-bond donors (Lipinski definition) is 1. The van der Waals surface area contributed by atoms with E-state index in [1.165, 1.54) is 0 Å². The number of carbonyl (C=O) groups excluding carboxylic acids is 1. The summed E-state index contributed by atoms with van der Waals surface area (Å²) in [4.78, 5) is 24.9. The number of carboxylic acids is 1. The van der Waals surface area contributed by atoms with Crippen molar-refractivity contribution in [3.8, 4) is 0 Å². The molecule has 20 heavy (non-hydrogen) atoms. The van der Waals surface area contributed by atoms with Gasteiger partial charge in [0.25, 0.3) is 0 Å². The van der Waals surface area contributed by atoms with Crippen LogP contribution in [-0.2, 0) is 16.0 Å². The van der Waals surface area contributed by atoms with Crippen LogP contribution in [-0.4, -0.2) is 40.1 Å². The molecule has 1 saturated heterocycles. The number of rotatable bonds is 4. The molecule has 0 unspecified atom stereocenters. The fraction of sp³-hybridized carbons (Fsp3) is 0.643. The smallest absolute Gasteiger partial charge is 0.308 e. The van der Waals surface area contributed by atoms with Gasteiger partial charge >= 0.3 is 5.97 Å². The average Bonchev–Trinajstić information content (AvgIpc) is 2.91. The van der Waals surface area contributed by atoms with Crippen molar-refractivity contribution < 1.29 is 19.2 Å². The van der Waals surface area contributed by atoms with E-state index < -0.39 is 11.9 Å². The van der Waals surface area contributed by atoms with Gasteiger partial charge in [-0.25, -0.2) is 0 Å². The van der Waals surface area contributed by atoms with Gasteiger partial charge in [0.15, 0.2) is 0 Å². The summed E-state index contributed by atoms with van der Waals surface area (Å²) < 4.78 is 5.07. The molecular weight excluding hydrogens is 260 g/mol. The van der Waals surface area contributed by atoms with E-state index >= 15 is 0 Å². The zero-order valence-corrected chi connectivity index (χ0v) is 12.0. The second-order valence-electron chi connectivity index (χ2n) is 5.52. The van der Waals surface area contributed by atoms with Crippen molar-refractivity contribution >= 4 is 11.9 Å². The van der Waals surface area contributed by atoms with Crippen molar-refractivity contribution in [3.05, 3.63) is 17.0 Å². The highest BCUT2D eigenvalue weighted by Gasteiger charge is 2.36. The van der Waals surface area contributed by atoms with Crippen molar-refractivity contribution in [2.45, 2.75) is 33.6 Å². The molecule has 1 amide bonds. The summed E-state index contributed by atoms with van der Waals surface area (Å²) in [6.45, 7) is 6.40. The first-order chi connectivity index (χ1) is 9.40. The number of aryl methyl sites for hydroxylation is 2. The van der Waals surface area contributed by atoms with Crippen LogP contribution < -0.4 is 0 Å². The summed E-state index contributed by atoms with van der Waals surface area (Å²) >= 11 is 0. The highest BCUT2D eigenvalue weighted by molar-refractivity contribution is 5.79. The summed E-state index contributed by atoms with van der Waals surface area (Å²) in [6, 6.07) is 0. The molecule has 0 aromatic carbocycles.